The zero-order valence-electron chi connectivity index (χ0n) is 12.8. The lowest BCUT2D eigenvalue weighted by atomic mass is 10.1. The highest BCUT2D eigenvalue weighted by molar-refractivity contribution is 5.96. The summed E-state index contributed by atoms with van der Waals surface area (Å²) in [6.45, 7) is 5.36. The molecule has 1 aromatic carbocycles. The van der Waals surface area contributed by atoms with E-state index in [4.69, 9.17) is 4.74 Å². The van der Waals surface area contributed by atoms with Crippen molar-refractivity contribution in [2.45, 2.75) is 25.8 Å². The van der Waals surface area contributed by atoms with Gasteiger partial charge >= 0.3 is 0 Å². The molecule has 1 heterocycles. The highest BCUT2D eigenvalue weighted by atomic mass is 35.5. The minimum atomic E-state index is 0. The number of carbonyl (C=O) groups is 1. The zero-order chi connectivity index (χ0) is 14.4. The van der Waals surface area contributed by atoms with E-state index in [1.54, 1.807) is 6.92 Å². The maximum atomic E-state index is 11.5. The fourth-order valence-electron chi connectivity index (χ4n) is 2.61. The molecule has 0 aromatic heterocycles. The molecule has 118 valence electrons. The number of ether oxygens (including phenoxy) is 1. The molecule has 1 N–H and O–H groups in total. The van der Waals surface area contributed by atoms with Crippen molar-refractivity contribution in [3.63, 3.8) is 0 Å². The molecule has 0 saturated carbocycles. The molecule has 1 aliphatic rings. The smallest absolute Gasteiger partial charge is 0.163 e. The first-order chi connectivity index (χ1) is 9.70. The van der Waals surface area contributed by atoms with Crippen molar-refractivity contribution in [3.8, 4) is 5.75 Å². The predicted molar refractivity (Wildman–Crippen MR) is 87.7 cm³/mol. The summed E-state index contributed by atoms with van der Waals surface area (Å²) in [5.74, 6) is 0.751. The first-order valence-corrected chi connectivity index (χ1v) is 7.33. The van der Waals surface area contributed by atoms with Gasteiger partial charge in [0.1, 0.15) is 12.4 Å². The Kier molecular flexibility index (Phi) is 7.72. The van der Waals surface area contributed by atoms with Crippen LogP contribution in [-0.4, -0.2) is 50.0 Å². The number of nitrogens with zero attached hydrogens (tertiary/aromatic N) is 1. The Labute approximate surface area is 133 Å². The third-order valence-electron chi connectivity index (χ3n) is 3.93. The summed E-state index contributed by atoms with van der Waals surface area (Å²) in [5.41, 5.74) is 0.668. The van der Waals surface area contributed by atoms with Crippen LogP contribution in [0.3, 0.4) is 0 Å². The van der Waals surface area contributed by atoms with Gasteiger partial charge in [-0.1, -0.05) is 12.1 Å². The SMILES string of the molecule is CNC1CCN(CCOc2ccccc2C(C)=O)CC1.Cl. The van der Waals surface area contributed by atoms with Crippen LogP contribution in [0.25, 0.3) is 0 Å². The van der Waals surface area contributed by atoms with Crippen LogP contribution in [0, 0.1) is 0 Å². The van der Waals surface area contributed by atoms with Crippen LogP contribution in [-0.2, 0) is 0 Å². The van der Waals surface area contributed by atoms with E-state index in [1.165, 1.54) is 12.8 Å². The molecule has 0 unspecified atom stereocenters. The molecule has 1 aliphatic heterocycles. The van der Waals surface area contributed by atoms with Crippen molar-refractivity contribution in [3.05, 3.63) is 29.8 Å². The van der Waals surface area contributed by atoms with E-state index < -0.39 is 0 Å². The lowest BCUT2D eigenvalue weighted by molar-refractivity contribution is 0.101. The second-order valence-electron chi connectivity index (χ2n) is 5.31. The Morgan fingerprint density at radius 2 is 2.00 bits per heavy atom. The summed E-state index contributed by atoms with van der Waals surface area (Å²) < 4.78 is 5.78. The van der Waals surface area contributed by atoms with Crippen LogP contribution in [0.4, 0.5) is 0 Å². The Morgan fingerprint density at radius 3 is 2.62 bits per heavy atom. The summed E-state index contributed by atoms with van der Waals surface area (Å²) in [6.07, 6.45) is 2.39. The third-order valence-corrected chi connectivity index (χ3v) is 3.93. The molecule has 1 fully saturated rings. The number of carbonyl (C=O) groups excluding carboxylic acids is 1. The maximum Gasteiger partial charge on any atom is 0.163 e. The molecule has 0 amide bonds. The number of piperidine rings is 1. The van der Waals surface area contributed by atoms with E-state index in [1.807, 2.05) is 31.3 Å². The van der Waals surface area contributed by atoms with E-state index in [-0.39, 0.29) is 18.2 Å². The van der Waals surface area contributed by atoms with Crippen molar-refractivity contribution < 1.29 is 9.53 Å². The molecular weight excluding hydrogens is 288 g/mol. The van der Waals surface area contributed by atoms with Gasteiger partial charge in [0, 0.05) is 12.6 Å². The topological polar surface area (TPSA) is 41.6 Å². The number of hydrogen-bond donors (Lipinski definition) is 1. The van der Waals surface area contributed by atoms with Gasteiger partial charge in [-0.05, 0) is 52.0 Å². The summed E-state index contributed by atoms with van der Waals surface area (Å²) in [5, 5.41) is 3.33. The molecule has 0 aliphatic carbocycles. The van der Waals surface area contributed by atoms with Crippen LogP contribution in [0.1, 0.15) is 30.1 Å². The van der Waals surface area contributed by atoms with E-state index in [2.05, 4.69) is 10.2 Å². The zero-order valence-corrected chi connectivity index (χ0v) is 13.6. The van der Waals surface area contributed by atoms with Gasteiger partial charge in [-0.3, -0.25) is 9.69 Å². The number of Topliss-reactive ketones (excluding diaryl/α,β-unsaturated/α-hetero) is 1. The first-order valence-electron chi connectivity index (χ1n) is 7.33. The molecule has 1 aromatic rings. The Hall–Kier alpha value is -1.10. The summed E-state index contributed by atoms with van der Waals surface area (Å²) >= 11 is 0. The molecule has 2 rings (SSSR count). The van der Waals surface area contributed by atoms with Gasteiger partial charge in [-0.2, -0.15) is 0 Å². The van der Waals surface area contributed by atoms with Crippen molar-refractivity contribution in [2.24, 2.45) is 0 Å². The number of halogens is 1. The number of hydrogen-bond acceptors (Lipinski definition) is 4. The largest absolute Gasteiger partial charge is 0.491 e. The minimum absolute atomic E-state index is 0. The molecule has 0 radical (unpaired) electrons. The van der Waals surface area contributed by atoms with Crippen molar-refractivity contribution in [2.75, 3.05) is 33.3 Å². The number of para-hydroxylation sites is 1. The molecule has 0 bridgehead atoms. The standard InChI is InChI=1S/C16H24N2O2.ClH/c1-13(19)15-5-3-4-6-16(15)20-12-11-18-9-7-14(17-2)8-10-18;/h3-6,14,17H,7-12H2,1-2H3;1H. The molecule has 4 nitrogen and oxygen atoms in total. The van der Waals surface area contributed by atoms with Gasteiger partial charge in [-0.25, -0.2) is 0 Å². The van der Waals surface area contributed by atoms with Crippen LogP contribution < -0.4 is 10.1 Å². The monoisotopic (exact) mass is 312 g/mol. The number of rotatable bonds is 6. The maximum absolute atomic E-state index is 11.5. The van der Waals surface area contributed by atoms with Crippen molar-refractivity contribution >= 4 is 18.2 Å². The number of likely N-dealkylation sites (tertiary alicyclic amines) is 1. The Bertz CT molecular complexity index is 446. The molecule has 1 saturated heterocycles. The number of benzene rings is 1. The number of ketones is 1. The van der Waals surface area contributed by atoms with Crippen LogP contribution in [0.15, 0.2) is 24.3 Å². The molecule has 0 spiro atoms. The van der Waals surface area contributed by atoms with Gasteiger partial charge in [0.25, 0.3) is 0 Å². The molecule has 21 heavy (non-hydrogen) atoms. The normalized spacial score (nSPS) is 16.3. The average Bonchev–Trinajstić information content (AvgIpc) is 2.48. The van der Waals surface area contributed by atoms with Gasteiger partial charge in [0.2, 0.25) is 0 Å². The summed E-state index contributed by atoms with van der Waals surface area (Å²) in [4.78, 5) is 13.9. The second kappa shape index (κ2) is 9.03. The van der Waals surface area contributed by atoms with Gasteiger partial charge < -0.3 is 10.1 Å². The first kappa shape index (κ1) is 18.0. The molecule has 0 atom stereocenters. The predicted octanol–water partition coefficient (Wildman–Crippen LogP) is 2.37. The van der Waals surface area contributed by atoms with Crippen molar-refractivity contribution in [1.82, 2.24) is 10.2 Å². The average molecular weight is 313 g/mol. The fraction of sp³-hybridized carbons (Fsp3) is 0.562. The van der Waals surface area contributed by atoms with E-state index in [0.717, 1.165) is 19.6 Å². The third kappa shape index (κ3) is 5.30. The van der Waals surface area contributed by atoms with E-state index in [9.17, 15) is 4.79 Å². The molecular formula is C16H25ClN2O2. The highest BCUT2D eigenvalue weighted by Gasteiger charge is 2.17. The quantitative estimate of drug-likeness (QED) is 0.819. The second-order valence-corrected chi connectivity index (χ2v) is 5.31. The van der Waals surface area contributed by atoms with E-state index in [0.29, 0.717) is 24.0 Å². The van der Waals surface area contributed by atoms with Crippen LogP contribution >= 0.6 is 12.4 Å². The summed E-state index contributed by atoms with van der Waals surface area (Å²) in [6, 6.07) is 8.11. The minimum Gasteiger partial charge on any atom is -0.491 e. The van der Waals surface area contributed by atoms with Gasteiger partial charge in [0.05, 0.1) is 5.56 Å². The summed E-state index contributed by atoms with van der Waals surface area (Å²) in [7, 11) is 2.03. The lowest BCUT2D eigenvalue weighted by Crippen LogP contribution is -2.42. The van der Waals surface area contributed by atoms with Gasteiger partial charge in [0.15, 0.2) is 5.78 Å². The van der Waals surface area contributed by atoms with Crippen LogP contribution in [0.2, 0.25) is 0 Å². The number of nitrogens with one attached hydrogen (secondary N) is 1. The van der Waals surface area contributed by atoms with E-state index >= 15 is 0 Å². The Morgan fingerprint density at radius 1 is 1.33 bits per heavy atom. The highest BCUT2D eigenvalue weighted by Crippen LogP contribution is 2.18. The molecule has 5 heteroatoms. The lowest BCUT2D eigenvalue weighted by Gasteiger charge is -2.31. The Balaban J connectivity index is 0.00000220. The fourth-order valence-corrected chi connectivity index (χ4v) is 2.61. The van der Waals surface area contributed by atoms with Crippen molar-refractivity contribution in [1.29, 1.82) is 0 Å². The van der Waals surface area contributed by atoms with Crippen LogP contribution in [0.5, 0.6) is 5.75 Å². The van der Waals surface area contributed by atoms with Gasteiger partial charge in [-0.15, -0.1) is 12.4 Å².